The van der Waals surface area contributed by atoms with Crippen molar-refractivity contribution in [3.8, 4) is 0 Å². The molecular weight excluding hydrogens is 104 g/mol. The third-order valence-electron chi connectivity index (χ3n) is 0. The van der Waals surface area contributed by atoms with Gasteiger partial charge in [-0.05, 0) is 0 Å². The third kappa shape index (κ3) is 59.6. The molecule has 0 aromatic carbocycles. The van der Waals surface area contributed by atoms with Crippen LogP contribution in [0, 0.1) is 0 Å². The van der Waals surface area contributed by atoms with Gasteiger partial charge in [0.15, 0.2) is 0 Å². The van der Waals surface area contributed by atoms with E-state index >= 15 is 0 Å². The molecule has 0 saturated carbocycles. The maximum atomic E-state index is 8.78. The number of carboxylic acid groups (broad SMARTS) is 1. The zero-order valence-corrected chi connectivity index (χ0v) is 1.93. The average Bonchev–Trinajstić information content (AvgIpc) is 0.811. The first-order valence-corrected chi connectivity index (χ1v) is 0.716. The van der Waals surface area contributed by atoms with Gasteiger partial charge in [0.05, 0.1) is 0 Å². The number of carbonyl (C=O) groups is 1. The molecule has 0 radical (unpaired) electrons. The Hall–Kier alpha value is 1.27. The quantitative estimate of drug-likeness (QED) is 0.365. The van der Waals surface area contributed by atoms with E-state index in [0.29, 0.717) is 0 Å². The van der Waals surface area contributed by atoms with E-state index in [1.165, 1.54) is 0 Å². The standard InChI is InChI=1S/CH3NO2.2Na.2H/c2-1(3)4;;;;/h2H2,(H,3,4);;;;. The summed E-state index contributed by atoms with van der Waals surface area (Å²) in [7, 11) is 0. The van der Waals surface area contributed by atoms with E-state index in [9.17, 15) is 0 Å². The average molecular weight is 109 g/mol. The zero-order valence-electron chi connectivity index (χ0n) is 1.93. The number of rotatable bonds is 0. The van der Waals surface area contributed by atoms with Crippen molar-refractivity contribution in [2.45, 2.75) is 0 Å². The molecule has 5 heteroatoms. The molecule has 0 aliphatic carbocycles. The Morgan fingerprint density at radius 1 is 1.50 bits per heavy atom. The summed E-state index contributed by atoms with van der Waals surface area (Å²) >= 11 is 0. The molecule has 0 atom stereocenters. The van der Waals surface area contributed by atoms with Gasteiger partial charge in [-0.3, -0.25) is 0 Å². The van der Waals surface area contributed by atoms with Crippen LogP contribution in [-0.4, -0.2) is 70.3 Å². The fourth-order valence-corrected chi connectivity index (χ4v) is 0. The van der Waals surface area contributed by atoms with Crippen LogP contribution in [0.3, 0.4) is 0 Å². The Morgan fingerprint density at radius 2 is 1.50 bits per heavy atom. The van der Waals surface area contributed by atoms with Crippen LogP contribution in [0.5, 0.6) is 0 Å². The van der Waals surface area contributed by atoms with Gasteiger partial charge in [-0.2, -0.15) is 0 Å². The second-order valence-electron chi connectivity index (χ2n) is 0.338. The molecular formula is CH5NNa2O2. The van der Waals surface area contributed by atoms with E-state index in [-0.39, 0.29) is 59.1 Å². The summed E-state index contributed by atoms with van der Waals surface area (Å²) in [5.74, 6) is 0. The molecule has 3 N–H and O–H groups in total. The molecule has 0 heterocycles. The van der Waals surface area contributed by atoms with Crippen LogP contribution in [0.2, 0.25) is 0 Å². The first-order chi connectivity index (χ1) is 1.73. The second-order valence-corrected chi connectivity index (χ2v) is 0.338. The molecule has 0 rings (SSSR count). The number of primary amides is 1. The van der Waals surface area contributed by atoms with Crippen molar-refractivity contribution in [2.24, 2.45) is 5.73 Å². The topological polar surface area (TPSA) is 63.3 Å². The third-order valence-corrected chi connectivity index (χ3v) is 0. The van der Waals surface area contributed by atoms with E-state index < -0.39 is 6.09 Å². The first kappa shape index (κ1) is 15.7. The molecule has 0 aromatic rings. The Balaban J connectivity index is -0.0000000450. The monoisotopic (exact) mass is 109 g/mol. The van der Waals surface area contributed by atoms with Crippen LogP contribution in [0.1, 0.15) is 0 Å². The molecule has 0 saturated heterocycles. The van der Waals surface area contributed by atoms with E-state index in [1.54, 1.807) is 0 Å². The van der Waals surface area contributed by atoms with Crippen molar-refractivity contribution in [1.82, 2.24) is 0 Å². The van der Waals surface area contributed by atoms with Gasteiger partial charge in [-0.15, -0.1) is 0 Å². The van der Waals surface area contributed by atoms with Gasteiger partial charge in [0.25, 0.3) is 0 Å². The van der Waals surface area contributed by atoms with Crippen molar-refractivity contribution >= 4 is 65.2 Å². The Morgan fingerprint density at radius 3 is 1.50 bits per heavy atom. The molecule has 0 fully saturated rings. The summed E-state index contributed by atoms with van der Waals surface area (Å²) in [5.41, 5.74) is 4.03. The molecule has 3 nitrogen and oxygen atoms in total. The van der Waals surface area contributed by atoms with Crippen LogP contribution in [-0.2, 0) is 0 Å². The van der Waals surface area contributed by atoms with Crippen molar-refractivity contribution in [1.29, 1.82) is 0 Å². The van der Waals surface area contributed by atoms with Crippen LogP contribution in [0.25, 0.3) is 0 Å². The van der Waals surface area contributed by atoms with Crippen LogP contribution < -0.4 is 5.73 Å². The van der Waals surface area contributed by atoms with Gasteiger partial charge >= 0.3 is 65.2 Å². The molecule has 0 spiro atoms. The van der Waals surface area contributed by atoms with Gasteiger partial charge < -0.3 is 10.8 Å². The van der Waals surface area contributed by atoms with Crippen molar-refractivity contribution < 1.29 is 9.90 Å². The van der Waals surface area contributed by atoms with Crippen LogP contribution >= 0.6 is 0 Å². The van der Waals surface area contributed by atoms with Crippen molar-refractivity contribution in [3.05, 3.63) is 0 Å². The van der Waals surface area contributed by atoms with Gasteiger partial charge in [-0.1, -0.05) is 0 Å². The summed E-state index contributed by atoms with van der Waals surface area (Å²) < 4.78 is 0. The van der Waals surface area contributed by atoms with Crippen LogP contribution in [0.4, 0.5) is 4.79 Å². The molecule has 6 heavy (non-hydrogen) atoms. The minimum absolute atomic E-state index is 0. The van der Waals surface area contributed by atoms with E-state index in [0.717, 1.165) is 0 Å². The molecule has 0 aliphatic rings. The van der Waals surface area contributed by atoms with Gasteiger partial charge in [0.1, 0.15) is 0 Å². The van der Waals surface area contributed by atoms with Gasteiger partial charge in [-0.25, -0.2) is 4.79 Å². The first-order valence-electron chi connectivity index (χ1n) is 0.716. The SMILES string of the molecule is NC(=O)O.[NaH].[NaH]. The molecule has 0 bridgehead atoms. The fraction of sp³-hybridized carbons (Fsp3) is 0. The fourth-order valence-electron chi connectivity index (χ4n) is 0. The molecule has 0 aromatic heterocycles. The van der Waals surface area contributed by atoms with Crippen LogP contribution in [0.15, 0.2) is 0 Å². The Kier molecular flexibility index (Phi) is 25.0. The van der Waals surface area contributed by atoms with E-state index in [4.69, 9.17) is 9.90 Å². The van der Waals surface area contributed by atoms with Crippen molar-refractivity contribution in [3.63, 3.8) is 0 Å². The predicted octanol–water partition coefficient (Wildman–Crippen LogP) is -1.67. The molecule has 0 aliphatic heterocycles. The summed E-state index contributed by atoms with van der Waals surface area (Å²) in [6, 6.07) is 0. The number of hydrogen-bond acceptors (Lipinski definition) is 1. The van der Waals surface area contributed by atoms with Gasteiger partial charge in [0.2, 0.25) is 0 Å². The van der Waals surface area contributed by atoms with E-state index in [1.807, 2.05) is 0 Å². The Bertz CT molecular complexity index is 34.5. The maximum absolute atomic E-state index is 8.78. The summed E-state index contributed by atoms with van der Waals surface area (Å²) in [6.07, 6.45) is -1.33. The molecule has 0 unspecified atom stereocenters. The zero-order chi connectivity index (χ0) is 3.58. The molecule has 1 amide bonds. The normalized spacial score (nSPS) is 4.00. The van der Waals surface area contributed by atoms with E-state index in [2.05, 4.69) is 5.73 Å². The van der Waals surface area contributed by atoms with Crippen molar-refractivity contribution in [2.75, 3.05) is 0 Å². The predicted molar refractivity (Wildman–Crippen MR) is 26.5 cm³/mol. The Labute approximate surface area is 79.9 Å². The minimum atomic E-state index is -1.33. The van der Waals surface area contributed by atoms with Gasteiger partial charge in [0, 0.05) is 0 Å². The molecule has 28 valence electrons. The summed E-state index contributed by atoms with van der Waals surface area (Å²) in [5, 5.41) is 7.19. The second kappa shape index (κ2) is 9.55. The number of nitrogens with two attached hydrogens (primary N) is 1. The summed E-state index contributed by atoms with van der Waals surface area (Å²) in [4.78, 5) is 8.78. The number of hydrogen-bond donors (Lipinski definition) is 2. The number of amides is 1. The summed E-state index contributed by atoms with van der Waals surface area (Å²) in [6.45, 7) is 0.